The molecule has 0 spiro atoms. The molecule has 17 nitrogen and oxygen atoms in total. The Hall–Kier alpha value is -3.24. The Morgan fingerprint density at radius 3 is 0.816 bits per heavy atom. The van der Waals surface area contributed by atoms with Gasteiger partial charge in [-0.15, -0.1) is 19.6 Å². The number of hydrogen-bond donors (Lipinski definition) is 2. The summed E-state index contributed by atoms with van der Waals surface area (Å²) in [5.41, 5.74) is 0. The molecule has 0 aliphatic rings. The van der Waals surface area contributed by atoms with Crippen LogP contribution in [0.1, 0.15) is 55.4 Å². The first-order valence-electron chi connectivity index (χ1n) is 10.9. The van der Waals surface area contributed by atoms with Gasteiger partial charge in [-0.25, -0.2) is 19.2 Å². The molecule has 18 heteroatoms. The molecule has 2 N–H and O–H groups in total. The second-order valence-corrected chi connectivity index (χ2v) is 8.73. The maximum absolute atomic E-state index is 11.3. The molecule has 0 aromatic heterocycles. The first-order chi connectivity index (χ1) is 17.0. The predicted octanol–water partition coefficient (Wildman–Crippen LogP) is 3.22. The van der Waals surface area contributed by atoms with Gasteiger partial charge in [0.05, 0.1) is 0 Å². The van der Waals surface area contributed by atoms with E-state index < -0.39 is 59.9 Å². The van der Waals surface area contributed by atoms with E-state index in [1.54, 1.807) is 55.4 Å². The monoisotopic (exact) mass is 594 g/mol. The zero-order valence-corrected chi connectivity index (χ0v) is 23.3. The normalized spacial score (nSPS) is 13.2. The summed E-state index contributed by atoms with van der Waals surface area (Å²) in [6.07, 6.45) is 0. The standard InChI is InChI=1S/C10H16N2O7.2C5H9NO3.Fe/c1-5(2)7(11-15)9(13)17-19-18-10(14)8(12-16)6(3)4;2*1-3(2)4(6-9)5(7)8;/h5-8H,1-4H3;2*3-4H,1-2H3,(H,7,8);/t7-,8-;2*4-;/m000./s1. The molecule has 0 aromatic carbocycles. The molecular weight excluding hydrogens is 560 g/mol. The number of carboxylic acid groups (broad SMARTS) is 2. The van der Waals surface area contributed by atoms with Crippen LogP contribution in [0.25, 0.3) is 0 Å². The number of carbonyl (C=O) groups is 4. The molecule has 0 bridgehead atoms. The van der Waals surface area contributed by atoms with Crippen LogP contribution >= 0.6 is 0 Å². The van der Waals surface area contributed by atoms with Crippen LogP contribution in [0.5, 0.6) is 0 Å². The van der Waals surface area contributed by atoms with Gasteiger partial charge in [0.2, 0.25) is 0 Å². The summed E-state index contributed by atoms with van der Waals surface area (Å²) in [4.78, 5) is 91.1. The Labute approximate surface area is 228 Å². The molecule has 0 saturated carbocycles. The first-order valence-corrected chi connectivity index (χ1v) is 10.9. The Bertz CT molecular complexity index is 716. The van der Waals surface area contributed by atoms with Crippen LogP contribution < -0.4 is 0 Å². The zero-order chi connectivity index (χ0) is 29.9. The summed E-state index contributed by atoms with van der Waals surface area (Å²) in [6.45, 7) is 12.9. The molecule has 0 saturated heterocycles. The number of nitroso groups, excluding NO2 is 4. The number of aliphatic carboxylic acids is 2. The molecule has 0 aliphatic heterocycles. The molecule has 0 unspecified atom stereocenters. The van der Waals surface area contributed by atoms with Gasteiger partial charge in [0.15, 0.2) is 24.2 Å². The van der Waals surface area contributed by atoms with Crippen molar-refractivity contribution in [3.8, 4) is 0 Å². The van der Waals surface area contributed by atoms with E-state index in [4.69, 9.17) is 10.2 Å². The van der Waals surface area contributed by atoms with Gasteiger partial charge in [0.1, 0.15) is 0 Å². The predicted molar refractivity (Wildman–Crippen MR) is 126 cm³/mol. The van der Waals surface area contributed by atoms with Crippen molar-refractivity contribution in [2.75, 3.05) is 0 Å². The summed E-state index contributed by atoms with van der Waals surface area (Å²) in [5, 5.41) is 30.4. The summed E-state index contributed by atoms with van der Waals surface area (Å²) in [7, 11) is 0. The molecule has 0 aromatic rings. The van der Waals surface area contributed by atoms with E-state index >= 15 is 0 Å². The molecule has 0 fully saturated rings. The summed E-state index contributed by atoms with van der Waals surface area (Å²) in [5.74, 6) is -5.75. The van der Waals surface area contributed by atoms with Crippen molar-refractivity contribution in [3.63, 3.8) is 0 Å². The molecule has 0 radical (unpaired) electrons. The fraction of sp³-hybridized carbons (Fsp3) is 0.800. The van der Waals surface area contributed by atoms with Crippen molar-refractivity contribution >= 4 is 23.9 Å². The Balaban J connectivity index is -0.000000255. The van der Waals surface area contributed by atoms with Gasteiger partial charge in [0.25, 0.3) is 0 Å². The van der Waals surface area contributed by atoms with Gasteiger partial charge in [0, 0.05) is 22.1 Å². The quantitative estimate of drug-likeness (QED) is 0.127. The summed E-state index contributed by atoms with van der Waals surface area (Å²) >= 11 is 0. The molecule has 0 rings (SSSR count). The minimum atomic E-state index is -1.27. The molecule has 0 amide bonds. The van der Waals surface area contributed by atoms with E-state index in [-0.39, 0.29) is 28.9 Å². The van der Waals surface area contributed by atoms with E-state index in [9.17, 15) is 38.8 Å². The average molecular weight is 594 g/mol. The number of carboxylic acids is 2. The first kappa shape index (κ1) is 41.9. The fourth-order valence-electron chi connectivity index (χ4n) is 1.96. The van der Waals surface area contributed by atoms with E-state index in [2.05, 4.69) is 35.5 Å². The van der Waals surface area contributed by atoms with Crippen molar-refractivity contribution in [2.24, 2.45) is 44.4 Å². The number of nitrogens with zero attached hydrogens (tertiary/aromatic N) is 4. The number of rotatable bonds is 14. The van der Waals surface area contributed by atoms with Crippen LogP contribution in [0.4, 0.5) is 0 Å². The van der Waals surface area contributed by atoms with Crippen molar-refractivity contribution in [1.29, 1.82) is 0 Å². The summed E-state index contributed by atoms with van der Waals surface area (Å²) in [6, 6.07) is -4.73. The van der Waals surface area contributed by atoms with Crippen molar-refractivity contribution in [1.82, 2.24) is 0 Å². The third-order valence-electron chi connectivity index (χ3n) is 4.20. The van der Waals surface area contributed by atoms with Crippen LogP contribution in [0.15, 0.2) is 20.7 Å². The Morgan fingerprint density at radius 2 is 0.711 bits per heavy atom. The van der Waals surface area contributed by atoms with Gasteiger partial charge in [-0.3, -0.25) is 9.78 Å². The summed E-state index contributed by atoms with van der Waals surface area (Å²) < 4.78 is 0. The van der Waals surface area contributed by atoms with E-state index in [1.807, 2.05) is 0 Å². The fourth-order valence-corrected chi connectivity index (χ4v) is 1.96. The Kier molecular flexibility index (Phi) is 25.3. The smallest absolute Gasteiger partial charge is 0.374 e. The Morgan fingerprint density at radius 1 is 0.500 bits per heavy atom. The van der Waals surface area contributed by atoms with Crippen LogP contribution in [0.2, 0.25) is 0 Å². The molecule has 0 heterocycles. The minimum Gasteiger partial charge on any atom is -0.480 e. The van der Waals surface area contributed by atoms with Crippen LogP contribution in [-0.2, 0) is 51.1 Å². The maximum atomic E-state index is 11.3. The average Bonchev–Trinajstić information content (AvgIpc) is 2.75. The third kappa shape index (κ3) is 18.1. The third-order valence-corrected chi connectivity index (χ3v) is 4.20. The number of hydrogen-bond acceptors (Lipinski definition) is 15. The molecular formula is C20H34FeN4O13. The number of carbonyl (C=O) groups excluding carboxylic acids is 2. The largest absolute Gasteiger partial charge is 0.480 e. The van der Waals surface area contributed by atoms with Gasteiger partial charge >= 0.3 is 23.9 Å². The van der Waals surface area contributed by atoms with Gasteiger partial charge in [-0.2, -0.15) is 0 Å². The van der Waals surface area contributed by atoms with E-state index in [0.717, 1.165) is 0 Å². The molecule has 4 atom stereocenters. The second-order valence-electron chi connectivity index (χ2n) is 8.73. The molecule has 0 aliphatic carbocycles. The van der Waals surface area contributed by atoms with Crippen LogP contribution in [0, 0.1) is 43.3 Å². The molecule has 220 valence electrons. The van der Waals surface area contributed by atoms with Gasteiger partial charge in [-0.05, 0) is 23.7 Å². The topological polar surface area (TPSA) is 254 Å². The van der Waals surface area contributed by atoms with Crippen molar-refractivity contribution in [3.05, 3.63) is 19.6 Å². The van der Waals surface area contributed by atoms with Crippen LogP contribution in [-0.4, -0.2) is 58.3 Å². The van der Waals surface area contributed by atoms with Crippen molar-refractivity contribution < 1.29 is 61.3 Å². The minimum absolute atomic E-state index is 0. The maximum Gasteiger partial charge on any atom is 0.374 e. The van der Waals surface area contributed by atoms with Gasteiger partial charge < -0.3 is 10.2 Å². The van der Waals surface area contributed by atoms with Crippen molar-refractivity contribution in [2.45, 2.75) is 79.6 Å². The van der Waals surface area contributed by atoms with E-state index in [0.29, 0.717) is 0 Å². The zero-order valence-electron chi connectivity index (χ0n) is 22.1. The SMILES string of the molecule is CC(C)[C@H](N=O)C(=O)O.CC(C)[C@H](N=O)C(=O)O.CC(C)[C@H](N=O)C(=O)OOOC(=O)[C@@H](N=O)C(C)C.[Fe]. The second kappa shape index (κ2) is 22.9. The van der Waals surface area contributed by atoms with Crippen LogP contribution in [0.3, 0.4) is 0 Å². The van der Waals surface area contributed by atoms with Gasteiger partial charge in [-0.1, -0.05) is 76.1 Å². The van der Waals surface area contributed by atoms with E-state index in [1.165, 1.54) is 0 Å². The molecule has 38 heavy (non-hydrogen) atoms.